The van der Waals surface area contributed by atoms with E-state index >= 15 is 0 Å². The largest absolute Gasteiger partial charge is 0.496 e. The highest BCUT2D eigenvalue weighted by atomic mass is 16.5. The third-order valence-electron chi connectivity index (χ3n) is 2.95. The van der Waals surface area contributed by atoms with Crippen LogP contribution in [0, 0.1) is 6.92 Å². The van der Waals surface area contributed by atoms with Gasteiger partial charge in [-0.2, -0.15) is 0 Å². The van der Waals surface area contributed by atoms with Crippen LogP contribution in [0.5, 0.6) is 5.75 Å². The highest BCUT2D eigenvalue weighted by Crippen LogP contribution is 2.19. The van der Waals surface area contributed by atoms with Crippen LogP contribution in [0.25, 0.3) is 0 Å². The summed E-state index contributed by atoms with van der Waals surface area (Å²) in [6.07, 6.45) is -0.173. The lowest BCUT2D eigenvalue weighted by molar-refractivity contribution is -0.139. The van der Waals surface area contributed by atoms with Crippen molar-refractivity contribution in [1.29, 1.82) is 0 Å². The van der Waals surface area contributed by atoms with Crippen molar-refractivity contribution in [2.45, 2.75) is 25.8 Å². The minimum absolute atomic E-state index is 0.0561. The zero-order valence-electron chi connectivity index (χ0n) is 11.9. The molecule has 0 spiro atoms. The molecule has 0 saturated carbocycles. The molecular weight excluding hydrogens is 276 g/mol. The van der Waals surface area contributed by atoms with Crippen molar-refractivity contribution in [3.63, 3.8) is 0 Å². The van der Waals surface area contributed by atoms with Crippen molar-refractivity contribution in [2.24, 2.45) is 5.73 Å². The molecule has 2 amide bonds. The number of nitrogens with one attached hydrogen (secondary N) is 1. The predicted molar refractivity (Wildman–Crippen MR) is 75.0 cm³/mol. The predicted octanol–water partition coefficient (Wildman–Crippen LogP) is 0.452. The summed E-state index contributed by atoms with van der Waals surface area (Å²) in [5.74, 6) is -1.85. The van der Waals surface area contributed by atoms with E-state index in [9.17, 15) is 14.4 Å². The number of aliphatic carboxylic acids is 1. The molecule has 0 aromatic heterocycles. The molecular formula is C14H18N2O5. The number of hydrogen-bond donors (Lipinski definition) is 3. The number of methoxy groups -OCH3 is 1. The van der Waals surface area contributed by atoms with Crippen LogP contribution < -0.4 is 15.8 Å². The first-order valence-electron chi connectivity index (χ1n) is 6.31. The van der Waals surface area contributed by atoms with Gasteiger partial charge < -0.3 is 20.9 Å². The number of nitrogens with two attached hydrogens (primary N) is 1. The lowest BCUT2D eigenvalue weighted by atomic mass is 10.1. The highest BCUT2D eigenvalue weighted by Gasteiger charge is 2.21. The van der Waals surface area contributed by atoms with Crippen LogP contribution in [0.3, 0.4) is 0 Å². The van der Waals surface area contributed by atoms with Crippen LogP contribution in [-0.4, -0.2) is 36.0 Å². The van der Waals surface area contributed by atoms with Crippen LogP contribution in [0.2, 0.25) is 0 Å². The topological polar surface area (TPSA) is 119 Å². The van der Waals surface area contributed by atoms with E-state index in [-0.39, 0.29) is 18.4 Å². The summed E-state index contributed by atoms with van der Waals surface area (Å²) < 4.78 is 5.11. The van der Waals surface area contributed by atoms with Gasteiger partial charge in [-0.25, -0.2) is 4.79 Å². The Morgan fingerprint density at radius 2 is 2.05 bits per heavy atom. The number of carboxylic acids is 1. The fourth-order valence-electron chi connectivity index (χ4n) is 1.75. The lowest BCUT2D eigenvalue weighted by Gasteiger charge is -2.14. The first-order valence-corrected chi connectivity index (χ1v) is 6.31. The third kappa shape index (κ3) is 4.79. The third-order valence-corrected chi connectivity index (χ3v) is 2.95. The summed E-state index contributed by atoms with van der Waals surface area (Å²) in [6.45, 7) is 1.83. The van der Waals surface area contributed by atoms with Crippen molar-refractivity contribution in [3.05, 3.63) is 29.3 Å². The van der Waals surface area contributed by atoms with Gasteiger partial charge in [-0.1, -0.05) is 6.07 Å². The Kier molecular flexibility index (Phi) is 5.71. The van der Waals surface area contributed by atoms with E-state index in [1.54, 1.807) is 12.1 Å². The van der Waals surface area contributed by atoms with Crippen LogP contribution in [0.1, 0.15) is 28.8 Å². The molecule has 1 aromatic carbocycles. The fraction of sp³-hybridized carbons (Fsp3) is 0.357. The van der Waals surface area contributed by atoms with Crippen LogP contribution in [-0.2, 0) is 9.59 Å². The summed E-state index contributed by atoms with van der Waals surface area (Å²) in [6, 6.07) is 3.63. The van der Waals surface area contributed by atoms with E-state index in [2.05, 4.69) is 5.32 Å². The second-order valence-corrected chi connectivity index (χ2v) is 4.55. The highest BCUT2D eigenvalue weighted by molar-refractivity contribution is 5.97. The maximum atomic E-state index is 12.0. The molecule has 7 heteroatoms. The van der Waals surface area contributed by atoms with Crippen molar-refractivity contribution in [2.75, 3.05) is 7.11 Å². The molecule has 4 N–H and O–H groups in total. The van der Waals surface area contributed by atoms with E-state index < -0.39 is 23.8 Å². The summed E-state index contributed by atoms with van der Waals surface area (Å²) in [7, 11) is 1.48. The number of carboxylic acid groups (broad SMARTS) is 1. The maximum Gasteiger partial charge on any atom is 0.326 e. The Balaban J connectivity index is 2.81. The summed E-state index contributed by atoms with van der Waals surface area (Å²) in [5.41, 5.74) is 6.12. The van der Waals surface area contributed by atoms with Gasteiger partial charge in [0.05, 0.1) is 7.11 Å². The average molecular weight is 294 g/mol. The summed E-state index contributed by atoms with van der Waals surface area (Å²) in [5, 5.41) is 11.4. The smallest absolute Gasteiger partial charge is 0.326 e. The Morgan fingerprint density at radius 3 is 2.57 bits per heavy atom. The molecule has 21 heavy (non-hydrogen) atoms. The number of amides is 2. The number of carbonyl (C=O) groups is 3. The van der Waals surface area contributed by atoms with Crippen LogP contribution >= 0.6 is 0 Å². The second-order valence-electron chi connectivity index (χ2n) is 4.55. The monoisotopic (exact) mass is 294 g/mol. The number of carbonyl (C=O) groups excluding carboxylic acids is 2. The van der Waals surface area contributed by atoms with Gasteiger partial charge >= 0.3 is 5.97 Å². The van der Waals surface area contributed by atoms with Gasteiger partial charge in [-0.05, 0) is 31.0 Å². The summed E-state index contributed by atoms with van der Waals surface area (Å²) >= 11 is 0. The minimum Gasteiger partial charge on any atom is -0.496 e. The second kappa shape index (κ2) is 7.28. The van der Waals surface area contributed by atoms with Crippen LogP contribution in [0.15, 0.2) is 18.2 Å². The molecule has 0 heterocycles. The number of hydrogen-bond acceptors (Lipinski definition) is 4. The van der Waals surface area contributed by atoms with Gasteiger partial charge in [0.1, 0.15) is 11.8 Å². The van der Waals surface area contributed by atoms with E-state index in [0.717, 1.165) is 5.56 Å². The molecule has 7 nitrogen and oxygen atoms in total. The number of rotatable bonds is 7. The van der Waals surface area contributed by atoms with Crippen molar-refractivity contribution < 1.29 is 24.2 Å². The van der Waals surface area contributed by atoms with E-state index in [1.807, 2.05) is 6.92 Å². The molecule has 1 rings (SSSR count). The normalized spacial score (nSPS) is 11.5. The molecule has 1 atom stereocenters. The molecule has 0 bridgehead atoms. The zero-order valence-corrected chi connectivity index (χ0v) is 11.9. The van der Waals surface area contributed by atoms with Gasteiger partial charge in [-0.3, -0.25) is 9.59 Å². The minimum atomic E-state index is -1.22. The molecule has 1 aromatic rings. The lowest BCUT2D eigenvalue weighted by Crippen LogP contribution is -2.41. The molecule has 0 fully saturated rings. The molecule has 0 radical (unpaired) electrons. The quantitative estimate of drug-likeness (QED) is 0.674. The first-order chi connectivity index (χ1) is 9.85. The van der Waals surface area contributed by atoms with Crippen molar-refractivity contribution >= 4 is 17.8 Å². The number of ether oxygens (including phenoxy) is 1. The number of aryl methyl sites for hydroxylation is 1. The first kappa shape index (κ1) is 16.5. The van der Waals surface area contributed by atoms with Crippen molar-refractivity contribution in [3.8, 4) is 5.75 Å². The average Bonchev–Trinajstić information content (AvgIpc) is 2.43. The van der Waals surface area contributed by atoms with Gasteiger partial charge in [-0.15, -0.1) is 0 Å². The molecule has 0 saturated heterocycles. The fourth-order valence-corrected chi connectivity index (χ4v) is 1.75. The number of primary amides is 1. The van der Waals surface area contributed by atoms with Crippen LogP contribution in [0.4, 0.5) is 0 Å². The SMILES string of the molecule is COc1cc(C(=O)N[C@@H](CCC(N)=O)C(=O)O)ccc1C. The van der Waals surface area contributed by atoms with Gasteiger partial charge in [0, 0.05) is 12.0 Å². The zero-order chi connectivity index (χ0) is 16.0. The van der Waals surface area contributed by atoms with E-state index in [1.165, 1.54) is 13.2 Å². The Morgan fingerprint density at radius 1 is 1.38 bits per heavy atom. The van der Waals surface area contributed by atoms with Gasteiger partial charge in [0.25, 0.3) is 5.91 Å². The number of benzene rings is 1. The van der Waals surface area contributed by atoms with Crippen molar-refractivity contribution in [1.82, 2.24) is 5.32 Å². The van der Waals surface area contributed by atoms with Gasteiger partial charge in [0.2, 0.25) is 5.91 Å². The Bertz CT molecular complexity index is 556. The Labute approximate surface area is 122 Å². The van der Waals surface area contributed by atoms with E-state index in [4.69, 9.17) is 15.6 Å². The standard InChI is InChI=1S/C14H18N2O5/c1-8-3-4-9(7-11(8)21-2)13(18)16-10(14(19)20)5-6-12(15)17/h3-4,7,10H,5-6H2,1-2H3,(H2,15,17)(H,16,18)(H,19,20)/t10-/m0/s1. The molecule has 0 aliphatic rings. The van der Waals surface area contributed by atoms with Gasteiger partial charge in [0.15, 0.2) is 0 Å². The summed E-state index contributed by atoms with van der Waals surface area (Å²) in [4.78, 5) is 33.8. The van der Waals surface area contributed by atoms with E-state index in [0.29, 0.717) is 5.75 Å². The molecule has 114 valence electrons. The molecule has 0 aliphatic heterocycles. The molecule has 0 aliphatic carbocycles. The molecule has 0 unspecified atom stereocenters. The Hall–Kier alpha value is -2.57. The maximum absolute atomic E-state index is 12.0.